The molecule has 0 bridgehead atoms. The maximum Gasteiger partial charge on any atom is 0.179 e. The number of hydrogen-bond acceptors (Lipinski definition) is 2. The van der Waals surface area contributed by atoms with Gasteiger partial charge in [-0.05, 0) is 73.2 Å². The van der Waals surface area contributed by atoms with E-state index in [1.165, 1.54) is 0 Å². The molecule has 2 heterocycles. The topological polar surface area (TPSA) is 27.1 Å². The van der Waals surface area contributed by atoms with Crippen molar-refractivity contribution in [3.8, 4) is 17.1 Å². The Kier molecular flexibility index (Phi) is 3.56. The second kappa shape index (κ2) is 4.89. The summed E-state index contributed by atoms with van der Waals surface area (Å²) >= 11 is 7.61. The van der Waals surface area contributed by atoms with Gasteiger partial charge in [-0.3, -0.25) is 0 Å². The summed E-state index contributed by atoms with van der Waals surface area (Å²) in [6, 6.07) is 3.51. The minimum absolute atomic E-state index is 0.279. The summed E-state index contributed by atoms with van der Waals surface area (Å²) in [6.07, 6.45) is 0. The Bertz CT molecular complexity index is 644. The van der Waals surface area contributed by atoms with Crippen LogP contribution in [0.4, 0.5) is 4.39 Å². The van der Waals surface area contributed by atoms with E-state index < -0.39 is 0 Å². The van der Waals surface area contributed by atoms with Crippen molar-refractivity contribution < 1.29 is 9.13 Å². The minimum Gasteiger partial charge on any atom is -0.488 e. The molecule has 0 saturated heterocycles. The molecule has 0 atom stereocenters. The normalized spacial score (nSPS) is 13.6. The van der Waals surface area contributed by atoms with Gasteiger partial charge in [0.2, 0.25) is 0 Å². The second-order valence-corrected chi connectivity index (χ2v) is 6.65. The van der Waals surface area contributed by atoms with Gasteiger partial charge in [0.15, 0.2) is 11.6 Å². The van der Waals surface area contributed by atoms with Crippen molar-refractivity contribution in [2.24, 2.45) is 0 Å². The summed E-state index contributed by atoms with van der Waals surface area (Å²) in [6.45, 7) is 1.12. The summed E-state index contributed by atoms with van der Waals surface area (Å²) in [5.41, 5.74) is 0.703. The van der Waals surface area contributed by atoms with E-state index in [1.54, 1.807) is 6.07 Å². The molecule has 1 aliphatic rings. The molecule has 3 nitrogen and oxygen atoms in total. The number of imidazole rings is 1. The molecule has 7 heteroatoms. The quantitative estimate of drug-likeness (QED) is 0.477. The first-order valence-corrected chi connectivity index (χ1v) is 8.07. The van der Waals surface area contributed by atoms with Crippen molar-refractivity contribution in [3.63, 3.8) is 0 Å². The van der Waals surface area contributed by atoms with Crippen LogP contribution in [0, 0.1) is 13.2 Å². The highest BCUT2D eigenvalue weighted by atomic mass is 127. The Balaban J connectivity index is 2.31. The lowest BCUT2D eigenvalue weighted by Gasteiger charge is -2.08. The standard InChI is InChI=1S/C11H6BrFI2N2O/c12-6-2-1-5-8(7(6)13)18-4-3-17-10(15)9(14)16-11(5)17/h1-2H,3-4H2. The summed E-state index contributed by atoms with van der Waals surface area (Å²) in [5.74, 6) is 0.678. The lowest BCUT2D eigenvalue weighted by molar-refractivity contribution is 0.291. The van der Waals surface area contributed by atoms with E-state index in [0.29, 0.717) is 23.2 Å². The Hall–Kier alpha value is 0.100. The van der Waals surface area contributed by atoms with Crippen LogP contribution in [0.25, 0.3) is 11.4 Å². The highest BCUT2D eigenvalue weighted by Crippen LogP contribution is 2.38. The minimum atomic E-state index is -0.367. The average molecular weight is 535 g/mol. The van der Waals surface area contributed by atoms with Crippen LogP contribution >= 0.6 is 61.1 Å². The fourth-order valence-electron chi connectivity index (χ4n) is 1.90. The van der Waals surface area contributed by atoms with Crippen LogP contribution < -0.4 is 4.74 Å². The molecule has 0 amide bonds. The number of hydrogen-bond donors (Lipinski definition) is 0. The van der Waals surface area contributed by atoms with E-state index in [-0.39, 0.29) is 11.6 Å². The van der Waals surface area contributed by atoms with Gasteiger partial charge in [0.1, 0.15) is 19.8 Å². The number of ether oxygens (including phenoxy) is 1. The summed E-state index contributed by atoms with van der Waals surface area (Å²) < 4.78 is 24.0. The molecule has 3 rings (SSSR count). The molecule has 1 aliphatic heterocycles. The molecule has 0 saturated carbocycles. The van der Waals surface area contributed by atoms with Crippen molar-refractivity contribution in [1.82, 2.24) is 9.55 Å². The third-order valence-corrected chi connectivity index (χ3v) is 6.21. The Morgan fingerprint density at radius 2 is 2.17 bits per heavy atom. The predicted molar refractivity (Wildman–Crippen MR) is 86.2 cm³/mol. The van der Waals surface area contributed by atoms with Gasteiger partial charge in [0.25, 0.3) is 0 Å². The van der Waals surface area contributed by atoms with E-state index in [4.69, 9.17) is 4.74 Å². The highest BCUT2D eigenvalue weighted by Gasteiger charge is 2.24. The Labute approximate surface area is 139 Å². The smallest absolute Gasteiger partial charge is 0.179 e. The molecule has 0 fully saturated rings. The van der Waals surface area contributed by atoms with Crippen LogP contribution in [0.2, 0.25) is 0 Å². The van der Waals surface area contributed by atoms with Crippen LogP contribution in [0.3, 0.4) is 0 Å². The van der Waals surface area contributed by atoms with Crippen molar-refractivity contribution in [2.75, 3.05) is 6.61 Å². The monoisotopic (exact) mass is 534 g/mol. The van der Waals surface area contributed by atoms with E-state index in [1.807, 2.05) is 6.07 Å². The van der Waals surface area contributed by atoms with Gasteiger partial charge in [-0.15, -0.1) is 0 Å². The molecule has 2 aromatic rings. The van der Waals surface area contributed by atoms with Gasteiger partial charge >= 0.3 is 0 Å². The lowest BCUT2D eigenvalue weighted by atomic mass is 10.2. The zero-order valence-electron chi connectivity index (χ0n) is 8.88. The van der Waals surface area contributed by atoms with E-state index in [2.05, 4.69) is 70.7 Å². The first kappa shape index (κ1) is 13.1. The number of benzene rings is 1. The van der Waals surface area contributed by atoms with E-state index in [0.717, 1.165) is 13.2 Å². The highest BCUT2D eigenvalue weighted by molar-refractivity contribution is 14.1. The number of rotatable bonds is 0. The summed E-state index contributed by atoms with van der Waals surface area (Å²) in [4.78, 5) is 4.50. The van der Waals surface area contributed by atoms with Crippen LogP contribution in [0.5, 0.6) is 5.75 Å². The molecule has 18 heavy (non-hydrogen) atoms. The lowest BCUT2D eigenvalue weighted by Crippen LogP contribution is -2.07. The maximum atomic E-state index is 14.1. The van der Waals surface area contributed by atoms with Crippen LogP contribution in [-0.2, 0) is 6.54 Å². The maximum absolute atomic E-state index is 14.1. The summed E-state index contributed by atoms with van der Waals surface area (Å²) in [7, 11) is 0. The van der Waals surface area contributed by atoms with Gasteiger partial charge in [-0.25, -0.2) is 9.37 Å². The van der Waals surface area contributed by atoms with E-state index in [9.17, 15) is 4.39 Å². The molecular weight excluding hydrogens is 529 g/mol. The fraction of sp³-hybridized carbons (Fsp3) is 0.182. The SMILES string of the molecule is Fc1c(Br)ccc2c1OCCn1c-2nc(I)c1I. The molecule has 1 aromatic heterocycles. The molecule has 0 radical (unpaired) electrons. The number of fused-ring (bicyclic) bond motifs is 3. The van der Waals surface area contributed by atoms with Gasteiger partial charge in [0, 0.05) is 0 Å². The van der Waals surface area contributed by atoms with Crippen molar-refractivity contribution in [1.29, 1.82) is 0 Å². The Morgan fingerprint density at radius 1 is 1.39 bits per heavy atom. The molecule has 94 valence electrons. The van der Waals surface area contributed by atoms with E-state index >= 15 is 0 Å². The molecule has 1 aromatic carbocycles. The van der Waals surface area contributed by atoms with Gasteiger partial charge in [0.05, 0.1) is 16.6 Å². The Morgan fingerprint density at radius 3 is 2.94 bits per heavy atom. The van der Waals surface area contributed by atoms with Crippen molar-refractivity contribution in [3.05, 3.63) is 29.8 Å². The third kappa shape index (κ3) is 1.98. The molecule has 0 N–H and O–H groups in total. The first-order valence-electron chi connectivity index (χ1n) is 5.12. The first-order chi connectivity index (χ1) is 8.59. The fourth-order valence-corrected chi connectivity index (χ4v) is 3.32. The van der Waals surface area contributed by atoms with Gasteiger partial charge in [-0.1, -0.05) is 0 Å². The zero-order valence-corrected chi connectivity index (χ0v) is 14.8. The third-order valence-electron chi connectivity index (χ3n) is 2.72. The van der Waals surface area contributed by atoms with Crippen LogP contribution in [0.15, 0.2) is 16.6 Å². The van der Waals surface area contributed by atoms with Crippen LogP contribution in [0.1, 0.15) is 0 Å². The second-order valence-electron chi connectivity index (χ2n) is 3.76. The largest absolute Gasteiger partial charge is 0.488 e. The molecule has 0 aliphatic carbocycles. The summed E-state index contributed by atoms with van der Waals surface area (Å²) in [5, 5.41) is 0. The number of halogens is 4. The number of aromatic nitrogens is 2. The molecular formula is C11H6BrFI2N2O. The van der Waals surface area contributed by atoms with Crippen LogP contribution in [-0.4, -0.2) is 16.2 Å². The van der Waals surface area contributed by atoms with Crippen molar-refractivity contribution in [2.45, 2.75) is 6.54 Å². The molecule has 0 spiro atoms. The van der Waals surface area contributed by atoms with Gasteiger partial charge < -0.3 is 9.30 Å². The predicted octanol–water partition coefficient (Wildman–Crippen LogP) is 4.05. The zero-order chi connectivity index (χ0) is 12.9. The average Bonchev–Trinajstić information content (AvgIpc) is 2.54. The van der Waals surface area contributed by atoms with Crippen molar-refractivity contribution >= 4 is 61.1 Å². The molecule has 0 unspecified atom stereocenters. The van der Waals surface area contributed by atoms with Gasteiger partial charge in [-0.2, -0.15) is 0 Å². The number of nitrogens with zero attached hydrogens (tertiary/aromatic N) is 2.